The van der Waals surface area contributed by atoms with Crippen molar-refractivity contribution in [3.8, 4) is 0 Å². The molecule has 0 atom stereocenters. The molecule has 1 saturated carbocycles. The second-order valence-corrected chi connectivity index (χ2v) is 5.93. The molecule has 1 fully saturated rings. The first-order chi connectivity index (χ1) is 11.1. The third-order valence-electron chi connectivity index (χ3n) is 4.08. The zero-order valence-electron chi connectivity index (χ0n) is 14.0. The molecule has 5 nitrogen and oxygen atoms in total. The Kier molecular flexibility index (Phi) is 9.53. The fraction of sp³-hybridized carbons (Fsp3) is 0.588. The molecule has 24 heavy (non-hydrogen) atoms. The number of aliphatic imine (C=N–C) groups is 1. The topological polar surface area (TPSA) is 76.9 Å². The quantitative estimate of drug-likeness (QED) is 0.315. The van der Waals surface area contributed by atoms with Gasteiger partial charge in [-0.1, -0.05) is 6.07 Å². The van der Waals surface area contributed by atoms with E-state index in [9.17, 15) is 9.50 Å². The molecule has 1 aromatic rings. The summed E-state index contributed by atoms with van der Waals surface area (Å²) in [6.45, 7) is 2.86. The molecule has 136 valence electrons. The van der Waals surface area contributed by atoms with Gasteiger partial charge in [-0.05, 0) is 50.3 Å². The molecule has 0 saturated heterocycles. The fourth-order valence-electron chi connectivity index (χ4n) is 2.75. The van der Waals surface area contributed by atoms with Crippen LogP contribution >= 0.6 is 24.0 Å². The van der Waals surface area contributed by atoms with Crippen LogP contribution in [0.3, 0.4) is 0 Å². The van der Waals surface area contributed by atoms with E-state index in [-0.39, 0.29) is 42.3 Å². The van der Waals surface area contributed by atoms with E-state index in [1.165, 1.54) is 6.07 Å². The molecule has 0 unspecified atom stereocenters. The summed E-state index contributed by atoms with van der Waals surface area (Å²) in [7, 11) is 0. The minimum atomic E-state index is -0.397. The lowest BCUT2D eigenvalue weighted by atomic mass is 9.93. The van der Waals surface area contributed by atoms with Crippen molar-refractivity contribution in [2.24, 2.45) is 4.99 Å². The summed E-state index contributed by atoms with van der Waals surface area (Å²) in [6.07, 6.45) is 3.31. The van der Waals surface area contributed by atoms with Crippen LogP contribution in [0.4, 0.5) is 4.39 Å². The first-order valence-electron chi connectivity index (χ1n) is 8.23. The molecule has 0 aliphatic heterocycles. The lowest BCUT2D eigenvalue weighted by Crippen LogP contribution is -2.45. The molecule has 2 rings (SSSR count). The van der Waals surface area contributed by atoms with E-state index in [0.29, 0.717) is 12.6 Å². The highest BCUT2D eigenvalue weighted by Gasteiger charge is 2.19. The van der Waals surface area contributed by atoms with Crippen molar-refractivity contribution in [3.63, 3.8) is 0 Å². The van der Waals surface area contributed by atoms with Gasteiger partial charge < -0.3 is 20.8 Å². The van der Waals surface area contributed by atoms with Gasteiger partial charge >= 0.3 is 0 Å². The lowest BCUT2D eigenvalue weighted by molar-refractivity contribution is 0.120. The van der Waals surface area contributed by atoms with Crippen molar-refractivity contribution in [1.29, 1.82) is 0 Å². The van der Waals surface area contributed by atoms with Gasteiger partial charge in [-0.2, -0.15) is 0 Å². The number of benzene rings is 1. The normalized spacial score (nSPS) is 21.1. The third kappa shape index (κ3) is 6.52. The number of aliphatic hydroxyl groups is 2. The van der Waals surface area contributed by atoms with Crippen molar-refractivity contribution in [2.75, 3.05) is 6.54 Å². The zero-order valence-corrected chi connectivity index (χ0v) is 16.3. The number of aliphatic hydroxyl groups excluding tert-OH is 2. The van der Waals surface area contributed by atoms with Crippen LogP contribution in [0.2, 0.25) is 0 Å². The van der Waals surface area contributed by atoms with Crippen LogP contribution in [0.5, 0.6) is 0 Å². The second kappa shape index (κ2) is 10.8. The van der Waals surface area contributed by atoms with Gasteiger partial charge in [0, 0.05) is 18.2 Å². The number of halogens is 2. The summed E-state index contributed by atoms with van der Waals surface area (Å²) in [5, 5.41) is 25.3. The summed E-state index contributed by atoms with van der Waals surface area (Å²) in [5.41, 5.74) is 1.14. The maximum absolute atomic E-state index is 13.4. The van der Waals surface area contributed by atoms with Gasteiger partial charge in [-0.25, -0.2) is 9.38 Å². The predicted molar refractivity (Wildman–Crippen MR) is 104 cm³/mol. The van der Waals surface area contributed by atoms with Crippen LogP contribution < -0.4 is 10.6 Å². The van der Waals surface area contributed by atoms with Crippen molar-refractivity contribution in [2.45, 2.75) is 57.9 Å². The molecule has 7 heteroatoms. The third-order valence-corrected chi connectivity index (χ3v) is 4.08. The lowest BCUT2D eigenvalue weighted by Gasteiger charge is -2.27. The Hall–Kier alpha value is -0.930. The van der Waals surface area contributed by atoms with E-state index >= 15 is 0 Å². The van der Waals surface area contributed by atoms with E-state index in [1.54, 1.807) is 12.1 Å². The van der Waals surface area contributed by atoms with E-state index < -0.39 is 5.82 Å². The molecule has 0 spiro atoms. The SMILES string of the molecule is CCNC(=NCc1ccc(F)c(CO)c1)NC1CCC(O)CC1.I. The van der Waals surface area contributed by atoms with E-state index in [4.69, 9.17) is 5.11 Å². The fourth-order valence-corrected chi connectivity index (χ4v) is 2.75. The number of hydrogen-bond acceptors (Lipinski definition) is 3. The Morgan fingerprint density at radius 1 is 1.29 bits per heavy atom. The summed E-state index contributed by atoms with van der Waals surface area (Å²) < 4.78 is 13.4. The van der Waals surface area contributed by atoms with Gasteiger partial charge in [0.2, 0.25) is 0 Å². The smallest absolute Gasteiger partial charge is 0.191 e. The summed E-state index contributed by atoms with van der Waals surface area (Å²) in [4.78, 5) is 4.53. The van der Waals surface area contributed by atoms with Crippen LogP contribution in [-0.2, 0) is 13.2 Å². The van der Waals surface area contributed by atoms with Crippen LogP contribution in [0.25, 0.3) is 0 Å². The number of hydrogen-bond donors (Lipinski definition) is 4. The number of nitrogens with zero attached hydrogens (tertiary/aromatic N) is 1. The van der Waals surface area contributed by atoms with Crippen LogP contribution in [0, 0.1) is 5.82 Å². The van der Waals surface area contributed by atoms with Gasteiger partial charge in [0.1, 0.15) is 5.82 Å². The summed E-state index contributed by atoms with van der Waals surface area (Å²) in [5.74, 6) is 0.329. The Balaban J connectivity index is 0.00000288. The molecular formula is C17H27FIN3O2. The van der Waals surface area contributed by atoms with E-state index in [1.807, 2.05) is 6.92 Å². The van der Waals surface area contributed by atoms with Gasteiger partial charge in [-0.15, -0.1) is 24.0 Å². The molecule has 0 aromatic heterocycles. The Morgan fingerprint density at radius 2 is 2.00 bits per heavy atom. The highest BCUT2D eigenvalue weighted by Crippen LogP contribution is 2.18. The van der Waals surface area contributed by atoms with Crippen molar-refractivity contribution in [3.05, 3.63) is 35.1 Å². The van der Waals surface area contributed by atoms with Gasteiger partial charge in [0.15, 0.2) is 5.96 Å². The Labute approximate surface area is 159 Å². The number of nitrogens with one attached hydrogen (secondary N) is 2. The van der Waals surface area contributed by atoms with Gasteiger partial charge in [0.05, 0.1) is 19.3 Å². The maximum atomic E-state index is 13.4. The van der Waals surface area contributed by atoms with Crippen LogP contribution in [-0.4, -0.2) is 34.9 Å². The highest BCUT2D eigenvalue weighted by atomic mass is 127. The Morgan fingerprint density at radius 3 is 2.62 bits per heavy atom. The second-order valence-electron chi connectivity index (χ2n) is 5.93. The van der Waals surface area contributed by atoms with E-state index in [2.05, 4.69) is 15.6 Å². The summed E-state index contributed by atoms with van der Waals surface area (Å²) >= 11 is 0. The van der Waals surface area contributed by atoms with Crippen molar-refractivity contribution >= 4 is 29.9 Å². The molecule has 1 aliphatic carbocycles. The van der Waals surface area contributed by atoms with Gasteiger partial charge in [0.25, 0.3) is 0 Å². The average Bonchev–Trinajstić information content (AvgIpc) is 2.56. The minimum absolute atomic E-state index is 0. The number of rotatable bonds is 5. The highest BCUT2D eigenvalue weighted by molar-refractivity contribution is 14.0. The molecule has 1 aliphatic rings. The standard InChI is InChI=1S/C17H26FN3O2.HI/c1-2-19-17(21-14-4-6-15(23)7-5-14)20-10-12-3-8-16(18)13(9-12)11-22;/h3,8-9,14-15,22-23H,2,4-7,10-11H2,1H3,(H2,19,20,21);1H. The number of guanidine groups is 1. The molecule has 1 aromatic carbocycles. The Bertz CT molecular complexity index is 535. The molecule has 0 radical (unpaired) electrons. The first kappa shape index (κ1) is 21.1. The molecule has 0 amide bonds. The minimum Gasteiger partial charge on any atom is -0.393 e. The van der Waals surface area contributed by atoms with E-state index in [0.717, 1.165) is 43.8 Å². The largest absolute Gasteiger partial charge is 0.393 e. The monoisotopic (exact) mass is 451 g/mol. The van der Waals surface area contributed by atoms with Crippen molar-refractivity contribution in [1.82, 2.24) is 10.6 Å². The molecule has 0 bridgehead atoms. The maximum Gasteiger partial charge on any atom is 0.191 e. The van der Waals surface area contributed by atoms with Crippen LogP contribution in [0.15, 0.2) is 23.2 Å². The average molecular weight is 451 g/mol. The molecule has 4 N–H and O–H groups in total. The van der Waals surface area contributed by atoms with Gasteiger partial charge in [-0.3, -0.25) is 0 Å². The molecule has 0 heterocycles. The van der Waals surface area contributed by atoms with Crippen LogP contribution in [0.1, 0.15) is 43.7 Å². The predicted octanol–water partition coefficient (Wildman–Crippen LogP) is 2.29. The van der Waals surface area contributed by atoms with Crippen molar-refractivity contribution < 1.29 is 14.6 Å². The first-order valence-corrected chi connectivity index (χ1v) is 8.23. The molecular weight excluding hydrogens is 424 g/mol. The zero-order chi connectivity index (χ0) is 16.7. The summed E-state index contributed by atoms with van der Waals surface area (Å²) in [6, 6.07) is 4.99.